The number of anilines is 3. The van der Waals surface area contributed by atoms with Crippen molar-refractivity contribution in [2.24, 2.45) is 0 Å². The van der Waals surface area contributed by atoms with Crippen LogP contribution in [0.2, 0.25) is 0 Å². The molecule has 2 saturated carbocycles. The number of aryl methyl sites for hydroxylation is 1. The molecule has 7 nitrogen and oxygen atoms in total. The van der Waals surface area contributed by atoms with E-state index in [2.05, 4.69) is 22.2 Å². The van der Waals surface area contributed by atoms with E-state index < -0.39 is 10.8 Å². The van der Waals surface area contributed by atoms with E-state index in [1.807, 2.05) is 36.2 Å². The van der Waals surface area contributed by atoms with Crippen molar-refractivity contribution in [3.8, 4) is 0 Å². The standard InChI is InChI=1S/C26H33N5O2S/c1-17-15-20(34(33)19-9-13-30(2)14-10-19)7-8-22(17)28-25-27-16-21-23(29-25)31(18-5-3-4-6-18)24(32)26(21)11-12-26/h7-8,15-16,18-19H,3-6,9-14H2,1-2H3,(H,27,28,29). The fraction of sp³-hybridized carbons (Fsp3) is 0.577. The molecule has 1 unspecified atom stereocenters. The summed E-state index contributed by atoms with van der Waals surface area (Å²) in [5.41, 5.74) is 2.58. The molecule has 8 heteroatoms. The molecule has 1 saturated heterocycles. The van der Waals surface area contributed by atoms with Crippen LogP contribution in [0.3, 0.4) is 0 Å². The molecular weight excluding hydrogens is 446 g/mol. The smallest absolute Gasteiger partial charge is 0.239 e. The highest BCUT2D eigenvalue weighted by Gasteiger charge is 2.61. The van der Waals surface area contributed by atoms with Crippen LogP contribution in [0.25, 0.3) is 0 Å². The van der Waals surface area contributed by atoms with Crippen LogP contribution >= 0.6 is 0 Å². The summed E-state index contributed by atoms with van der Waals surface area (Å²) in [5, 5.41) is 3.59. The number of likely N-dealkylation sites (tertiary alicyclic amines) is 1. The normalized spacial score (nSPS) is 23.5. The van der Waals surface area contributed by atoms with Crippen molar-refractivity contribution in [1.29, 1.82) is 0 Å². The Bertz CT molecular complexity index is 1150. The summed E-state index contributed by atoms with van der Waals surface area (Å²) in [6.07, 6.45) is 10.1. The van der Waals surface area contributed by atoms with Gasteiger partial charge in [0.05, 0.1) is 16.2 Å². The minimum Gasteiger partial charge on any atom is -0.324 e. The first-order valence-corrected chi connectivity index (χ1v) is 13.9. The molecule has 1 spiro atoms. The number of hydrogen-bond donors (Lipinski definition) is 1. The Morgan fingerprint density at radius 1 is 1.12 bits per heavy atom. The Labute approximate surface area is 203 Å². The van der Waals surface area contributed by atoms with Gasteiger partial charge in [0.15, 0.2) is 0 Å². The highest BCUT2D eigenvalue weighted by molar-refractivity contribution is 7.85. The zero-order valence-corrected chi connectivity index (χ0v) is 20.9. The van der Waals surface area contributed by atoms with Gasteiger partial charge in [0.25, 0.3) is 0 Å². The first-order chi connectivity index (χ1) is 16.5. The van der Waals surface area contributed by atoms with Crippen LogP contribution in [0.15, 0.2) is 29.3 Å². The van der Waals surface area contributed by atoms with Gasteiger partial charge in [0.2, 0.25) is 11.9 Å². The Kier molecular flexibility index (Phi) is 5.48. The number of hydrogen-bond acceptors (Lipinski definition) is 6. The fourth-order valence-electron chi connectivity index (χ4n) is 5.92. The second kappa shape index (κ2) is 8.41. The lowest BCUT2D eigenvalue weighted by molar-refractivity contribution is -0.120. The molecule has 2 aliphatic carbocycles. The van der Waals surface area contributed by atoms with E-state index in [4.69, 9.17) is 4.98 Å². The number of aromatic nitrogens is 2. The van der Waals surface area contributed by atoms with E-state index >= 15 is 0 Å². The summed E-state index contributed by atoms with van der Waals surface area (Å²) in [5.74, 6) is 1.56. The SMILES string of the molecule is Cc1cc(S(=O)C2CCN(C)CC2)ccc1Nc1ncc2c(n1)N(C1CCCC1)C(=O)C21CC1. The van der Waals surface area contributed by atoms with Gasteiger partial charge in [-0.25, -0.2) is 4.98 Å². The van der Waals surface area contributed by atoms with Crippen molar-refractivity contribution in [1.82, 2.24) is 14.9 Å². The maximum Gasteiger partial charge on any atom is 0.239 e. The summed E-state index contributed by atoms with van der Waals surface area (Å²) in [6, 6.07) is 6.24. The maximum atomic E-state index is 13.3. The molecule has 1 N–H and O–H groups in total. The first-order valence-electron chi connectivity index (χ1n) is 12.6. The van der Waals surface area contributed by atoms with Crippen LogP contribution in [0.4, 0.5) is 17.5 Å². The van der Waals surface area contributed by atoms with Gasteiger partial charge in [0.1, 0.15) is 5.82 Å². The minimum absolute atomic E-state index is 0.225. The zero-order valence-electron chi connectivity index (χ0n) is 20.0. The van der Waals surface area contributed by atoms with Gasteiger partial charge in [-0.1, -0.05) is 12.8 Å². The number of benzene rings is 1. The van der Waals surface area contributed by atoms with E-state index in [-0.39, 0.29) is 22.6 Å². The Morgan fingerprint density at radius 3 is 2.53 bits per heavy atom. The summed E-state index contributed by atoms with van der Waals surface area (Å²) in [7, 11) is 1.13. The molecule has 0 bridgehead atoms. The molecule has 2 aromatic rings. The maximum absolute atomic E-state index is 13.3. The lowest BCUT2D eigenvalue weighted by atomic mass is 10.0. The molecule has 1 atom stereocenters. The topological polar surface area (TPSA) is 78.4 Å². The highest BCUT2D eigenvalue weighted by Crippen LogP contribution is 2.57. The lowest BCUT2D eigenvalue weighted by Gasteiger charge is -2.28. The quantitative estimate of drug-likeness (QED) is 0.697. The second-order valence-electron chi connectivity index (χ2n) is 10.5. The summed E-state index contributed by atoms with van der Waals surface area (Å²) in [6.45, 7) is 4.04. The molecule has 1 amide bonds. The van der Waals surface area contributed by atoms with Gasteiger partial charge in [0, 0.05) is 33.6 Å². The molecule has 1 aromatic carbocycles. The van der Waals surface area contributed by atoms with Crippen LogP contribution in [0, 0.1) is 6.92 Å². The van der Waals surface area contributed by atoms with Crippen molar-refractivity contribution in [2.75, 3.05) is 30.4 Å². The van der Waals surface area contributed by atoms with Crippen LogP contribution in [0.5, 0.6) is 0 Å². The molecule has 180 valence electrons. The molecule has 3 fully saturated rings. The number of piperidine rings is 1. The molecule has 0 radical (unpaired) electrons. The van der Waals surface area contributed by atoms with E-state index in [0.717, 1.165) is 79.1 Å². The number of fused-ring (bicyclic) bond motifs is 2. The number of rotatable bonds is 5. The third-order valence-electron chi connectivity index (χ3n) is 8.23. The van der Waals surface area contributed by atoms with E-state index in [0.29, 0.717) is 5.95 Å². The van der Waals surface area contributed by atoms with Gasteiger partial charge in [-0.05, 0) is 89.3 Å². The summed E-state index contributed by atoms with van der Waals surface area (Å²) >= 11 is 0. The molecular formula is C26H33N5O2S. The van der Waals surface area contributed by atoms with Crippen LogP contribution < -0.4 is 10.2 Å². The van der Waals surface area contributed by atoms with Gasteiger partial charge in [-0.15, -0.1) is 0 Å². The third kappa shape index (κ3) is 3.66. The number of nitrogens with one attached hydrogen (secondary N) is 1. The van der Waals surface area contributed by atoms with Crippen LogP contribution in [0.1, 0.15) is 62.5 Å². The number of carbonyl (C=O) groups is 1. The van der Waals surface area contributed by atoms with E-state index in [1.165, 1.54) is 12.8 Å². The lowest BCUT2D eigenvalue weighted by Crippen LogP contribution is -2.39. The first kappa shape index (κ1) is 22.2. The average molecular weight is 480 g/mol. The number of amides is 1. The Hall–Kier alpha value is -2.32. The van der Waals surface area contributed by atoms with Gasteiger partial charge < -0.3 is 10.2 Å². The molecule has 1 aromatic heterocycles. The summed E-state index contributed by atoms with van der Waals surface area (Å²) in [4.78, 5) is 27.9. The predicted octanol–water partition coefficient (Wildman–Crippen LogP) is 4.05. The van der Waals surface area contributed by atoms with Gasteiger partial charge in [-0.2, -0.15) is 4.98 Å². The second-order valence-corrected chi connectivity index (χ2v) is 12.3. The fourth-order valence-corrected chi connectivity index (χ4v) is 7.44. The number of carbonyl (C=O) groups excluding carboxylic acids is 1. The van der Waals surface area contributed by atoms with E-state index in [1.54, 1.807) is 0 Å². The molecule has 4 aliphatic rings. The predicted molar refractivity (Wildman–Crippen MR) is 134 cm³/mol. The number of nitrogens with zero attached hydrogens (tertiary/aromatic N) is 4. The largest absolute Gasteiger partial charge is 0.324 e. The van der Waals surface area contributed by atoms with E-state index in [9.17, 15) is 9.00 Å². The van der Waals surface area contributed by atoms with Crippen molar-refractivity contribution in [3.05, 3.63) is 35.5 Å². The van der Waals surface area contributed by atoms with Crippen molar-refractivity contribution < 1.29 is 9.00 Å². The molecule has 3 heterocycles. The zero-order chi connectivity index (χ0) is 23.4. The minimum atomic E-state index is -0.992. The van der Waals surface area contributed by atoms with Crippen molar-refractivity contribution in [2.45, 2.75) is 79.9 Å². The van der Waals surface area contributed by atoms with Crippen LogP contribution in [-0.4, -0.2) is 56.4 Å². The van der Waals surface area contributed by atoms with Crippen LogP contribution in [-0.2, 0) is 21.0 Å². The molecule has 6 rings (SSSR count). The molecule has 2 aliphatic heterocycles. The van der Waals surface area contributed by atoms with Crippen molar-refractivity contribution >= 4 is 34.2 Å². The Balaban J connectivity index is 1.23. The average Bonchev–Trinajstić information content (AvgIpc) is 3.40. The van der Waals surface area contributed by atoms with Crippen molar-refractivity contribution in [3.63, 3.8) is 0 Å². The van der Waals surface area contributed by atoms with Gasteiger partial charge in [-0.3, -0.25) is 13.9 Å². The third-order valence-corrected chi connectivity index (χ3v) is 10.0. The highest BCUT2D eigenvalue weighted by atomic mass is 32.2. The van der Waals surface area contributed by atoms with Gasteiger partial charge >= 0.3 is 0 Å². The summed E-state index contributed by atoms with van der Waals surface area (Å²) < 4.78 is 13.1. The molecule has 34 heavy (non-hydrogen) atoms. The Morgan fingerprint density at radius 2 is 1.85 bits per heavy atom. The monoisotopic (exact) mass is 479 g/mol.